The van der Waals surface area contributed by atoms with E-state index in [1.807, 2.05) is 0 Å². The molecule has 1 unspecified atom stereocenters. The summed E-state index contributed by atoms with van der Waals surface area (Å²) in [5.41, 5.74) is 2.30. The Bertz CT molecular complexity index is 422. The standard InChI is InChI=1S/C13H14FNS/c1-10(8-11-6-7-16-9-11)15-13-4-2-12(14)3-5-13/h2-7,9-10,15H,8H2,1H3. The van der Waals surface area contributed by atoms with Gasteiger partial charge < -0.3 is 5.32 Å². The summed E-state index contributed by atoms with van der Waals surface area (Å²) in [6.07, 6.45) is 0.987. The summed E-state index contributed by atoms with van der Waals surface area (Å²) in [7, 11) is 0. The molecule has 0 aliphatic heterocycles. The number of anilines is 1. The van der Waals surface area contributed by atoms with Crippen molar-refractivity contribution in [3.8, 4) is 0 Å². The molecule has 2 aromatic rings. The Hall–Kier alpha value is -1.35. The van der Waals surface area contributed by atoms with E-state index in [1.165, 1.54) is 17.7 Å². The van der Waals surface area contributed by atoms with Gasteiger partial charge in [-0.1, -0.05) is 0 Å². The maximum absolute atomic E-state index is 12.7. The van der Waals surface area contributed by atoms with Crippen LogP contribution in [0.5, 0.6) is 0 Å². The molecule has 3 heteroatoms. The second-order valence-corrected chi connectivity index (χ2v) is 4.67. The monoisotopic (exact) mass is 235 g/mol. The van der Waals surface area contributed by atoms with E-state index in [0.717, 1.165) is 12.1 Å². The summed E-state index contributed by atoms with van der Waals surface area (Å²) < 4.78 is 12.7. The van der Waals surface area contributed by atoms with Crippen LogP contribution in [0.4, 0.5) is 10.1 Å². The van der Waals surface area contributed by atoms with Crippen LogP contribution in [0.1, 0.15) is 12.5 Å². The number of hydrogen-bond acceptors (Lipinski definition) is 2. The van der Waals surface area contributed by atoms with Gasteiger partial charge in [0.2, 0.25) is 0 Å². The Kier molecular flexibility index (Phi) is 3.57. The van der Waals surface area contributed by atoms with Crippen LogP contribution in [0.2, 0.25) is 0 Å². The van der Waals surface area contributed by atoms with Crippen LogP contribution in [0.25, 0.3) is 0 Å². The topological polar surface area (TPSA) is 12.0 Å². The van der Waals surface area contributed by atoms with Gasteiger partial charge >= 0.3 is 0 Å². The third-order valence-corrected chi connectivity index (χ3v) is 3.11. The minimum absolute atomic E-state index is 0.198. The average molecular weight is 235 g/mol. The quantitative estimate of drug-likeness (QED) is 0.846. The Balaban J connectivity index is 1.92. The summed E-state index contributed by atoms with van der Waals surface area (Å²) in [5, 5.41) is 7.58. The highest BCUT2D eigenvalue weighted by atomic mass is 32.1. The van der Waals surface area contributed by atoms with Gasteiger partial charge in [0.1, 0.15) is 5.82 Å². The van der Waals surface area contributed by atoms with Gasteiger partial charge in [-0.2, -0.15) is 11.3 Å². The van der Waals surface area contributed by atoms with Crippen LogP contribution < -0.4 is 5.32 Å². The first-order valence-electron chi connectivity index (χ1n) is 5.27. The fourth-order valence-electron chi connectivity index (χ4n) is 1.64. The maximum Gasteiger partial charge on any atom is 0.123 e. The van der Waals surface area contributed by atoms with E-state index in [0.29, 0.717) is 6.04 Å². The Morgan fingerprint density at radius 1 is 1.25 bits per heavy atom. The number of benzene rings is 1. The van der Waals surface area contributed by atoms with Gasteiger partial charge in [0.15, 0.2) is 0 Å². The lowest BCUT2D eigenvalue weighted by atomic mass is 10.1. The van der Waals surface area contributed by atoms with Crippen molar-refractivity contribution < 1.29 is 4.39 Å². The molecular weight excluding hydrogens is 221 g/mol. The molecular formula is C13H14FNS. The molecule has 84 valence electrons. The molecule has 0 saturated heterocycles. The fourth-order valence-corrected chi connectivity index (χ4v) is 2.33. The predicted molar refractivity (Wildman–Crippen MR) is 67.5 cm³/mol. The van der Waals surface area contributed by atoms with E-state index < -0.39 is 0 Å². The molecule has 0 bridgehead atoms. The van der Waals surface area contributed by atoms with Crippen LogP contribution in [0.3, 0.4) is 0 Å². The van der Waals surface area contributed by atoms with E-state index >= 15 is 0 Å². The molecule has 1 heterocycles. The molecule has 16 heavy (non-hydrogen) atoms. The number of hydrogen-bond donors (Lipinski definition) is 1. The second-order valence-electron chi connectivity index (χ2n) is 3.89. The van der Waals surface area contributed by atoms with Gasteiger partial charge in [0, 0.05) is 11.7 Å². The SMILES string of the molecule is CC(Cc1ccsc1)Nc1ccc(F)cc1. The zero-order valence-electron chi connectivity index (χ0n) is 9.11. The zero-order chi connectivity index (χ0) is 11.4. The van der Waals surface area contributed by atoms with Crippen molar-refractivity contribution >= 4 is 17.0 Å². The van der Waals surface area contributed by atoms with Crippen molar-refractivity contribution in [3.05, 3.63) is 52.5 Å². The summed E-state index contributed by atoms with van der Waals surface area (Å²) in [6.45, 7) is 2.13. The van der Waals surface area contributed by atoms with Gasteiger partial charge in [-0.3, -0.25) is 0 Å². The number of halogens is 1. The number of rotatable bonds is 4. The Labute approximate surface area is 98.9 Å². The smallest absolute Gasteiger partial charge is 0.123 e. The predicted octanol–water partition coefficient (Wildman–Crippen LogP) is 3.93. The van der Waals surface area contributed by atoms with Gasteiger partial charge in [0.05, 0.1) is 0 Å². The summed E-state index contributed by atoms with van der Waals surface area (Å²) in [6, 6.07) is 8.95. The molecule has 2 rings (SSSR count). The third kappa shape index (κ3) is 3.07. The minimum atomic E-state index is -0.198. The highest BCUT2D eigenvalue weighted by Gasteiger charge is 2.03. The molecule has 1 aromatic heterocycles. The van der Waals surface area contributed by atoms with E-state index in [9.17, 15) is 4.39 Å². The highest BCUT2D eigenvalue weighted by Crippen LogP contribution is 2.13. The molecule has 0 radical (unpaired) electrons. The van der Waals surface area contributed by atoms with Gasteiger partial charge in [0.25, 0.3) is 0 Å². The lowest BCUT2D eigenvalue weighted by Gasteiger charge is -2.14. The summed E-state index contributed by atoms with van der Waals surface area (Å²) >= 11 is 1.71. The number of thiophene rings is 1. The van der Waals surface area contributed by atoms with Crippen molar-refractivity contribution in [3.63, 3.8) is 0 Å². The minimum Gasteiger partial charge on any atom is -0.382 e. The zero-order valence-corrected chi connectivity index (χ0v) is 9.93. The lowest BCUT2D eigenvalue weighted by Crippen LogP contribution is -2.17. The summed E-state index contributed by atoms with van der Waals surface area (Å²) in [4.78, 5) is 0. The molecule has 1 nitrogen and oxygen atoms in total. The van der Waals surface area contributed by atoms with Gasteiger partial charge in [-0.15, -0.1) is 0 Å². The first-order valence-corrected chi connectivity index (χ1v) is 6.21. The summed E-state index contributed by atoms with van der Waals surface area (Å²) in [5.74, 6) is -0.198. The Morgan fingerprint density at radius 2 is 2.00 bits per heavy atom. The third-order valence-electron chi connectivity index (χ3n) is 2.38. The molecule has 0 fully saturated rings. The highest BCUT2D eigenvalue weighted by molar-refractivity contribution is 7.07. The lowest BCUT2D eigenvalue weighted by molar-refractivity contribution is 0.628. The van der Waals surface area contributed by atoms with E-state index in [1.54, 1.807) is 23.5 Å². The van der Waals surface area contributed by atoms with Gasteiger partial charge in [-0.05, 0) is 60.0 Å². The van der Waals surface area contributed by atoms with Crippen LogP contribution in [-0.2, 0) is 6.42 Å². The molecule has 0 amide bonds. The van der Waals surface area contributed by atoms with Crippen molar-refractivity contribution in [2.75, 3.05) is 5.32 Å². The van der Waals surface area contributed by atoms with Gasteiger partial charge in [-0.25, -0.2) is 4.39 Å². The molecule has 1 atom stereocenters. The van der Waals surface area contributed by atoms with Crippen molar-refractivity contribution in [1.82, 2.24) is 0 Å². The fraction of sp³-hybridized carbons (Fsp3) is 0.231. The van der Waals surface area contributed by atoms with E-state index in [-0.39, 0.29) is 5.82 Å². The molecule has 1 N–H and O–H groups in total. The van der Waals surface area contributed by atoms with Crippen LogP contribution >= 0.6 is 11.3 Å². The normalized spacial score (nSPS) is 12.4. The van der Waals surface area contributed by atoms with Crippen molar-refractivity contribution in [2.24, 2.45) is 0 Å². The molecule has 0 spiro atoms. The second kappa shape index (κ2) is 5.12. The van der Waals surface area contributed by atoms with E-state index in [4.69, 9.17) is 0 Å². The maximum atomic E-state index is 12.7. The number of nitrogens with one attached hydrogen (secondary N) is 1. The average Bonchev–Trinajstić information content (AvgIpc) is 2.74. The molecule has 0 aliphatic rings. The van der Waals surface area contributed by atoms with Crippen LogP contribution in [0, 0.1) is 5.82 Å². The molecule has 0 aliphatic carbocycles. The largest absolute Gasteiger partial charge is 0.382 e. The van der Waals surface area contributed by atoms with Crippen LogP contribution in [0.15, 0.2) is 41.1 Å². The molecule has 1 aromatic carbocycles. The van der Waals surface area contributed by atoms with Crippen LogP contribution in [-0.4, -0.2) is 6.04 Å². The van der Waals surface area contributed by atoms with E-state index in [2.05, 4.69) is 29.1 Å². The van der Waals surface area contributed by atoms with Crippen molar-refractivity contribution in [1.29, 1.82) is 0 Å². The van der Waals surface area contributed by atoms with Crippen molar-refractivity contribution in [2.45, 2.75) is 19.4 Å². The first-order chi connectivity index (χ1) is 7.74. The molecule has 0 saturated carbocycles. The Morgan fingerprint density at radius 3 is 2.62 bits per heavy atom. The first kappa shape index (κ1) is 11.1.